The summed E-state index contributed by atoms with van der Waals surface area (Å²) in [6.07, 6.45) is 1.01. The van der Waals surface area contributed by atoms with Gasteiger partial charge in [0.25, 0.3) is 7.44 Å². The van der Waals surface area contributed by atoms with E-state index in [1.807, 2.05) is 0 Å². The van der Waals surface area contributed by atoms with Crippen molar-refractivity contribution >= 4 is 46.8 Å². The minimum atomic E-state index is -5.07. The van der Waals surface area contributed by atoms with Crippen molar-refractivity contribution in [2.45, 2.75) is 58.3 Å². The first-order valence-corrected chi connectivity index (χ1v) is 13.5. The smallest absolute Gasteiger partial charge is 0.349 e. The second-order valence-corrected chi connectivity index (χ2v) is 11.2. The number of hydrogen-bond donors (Lipinski definition) is 3. The average molecular weight is 535 g/mol. The Kier molecular flexibility index (Phi) is 9.91. The average Bonchev–Trinajstić information content (AvgIpc) is 3.24. The molecule has 194 valence electrons. The summed E-state index contributed by atoms with van der Waals surface area (Å²) in [7, 11) is -5.07. The Hall–Kier alpha value is -2.40. The molecule has 9 nitrogen and oxygen atoms in total. The van der Waals surface area contributed by atoms with Gasteiger partial charge in [-0.15, -0.1) is 11.3 Å². The van der Waals surface area contributed by atoms with Crippen LogP contribution in [0, 0.1) is 0 Å². The van der Waals surface area contributed by atoms with E-state index in [2.05, 4.69) is 10.2 Å². The maximum Gasteiger partial charge on any atom is 0.349 e. The molecule has 0 amide bonds. The number of ether oxygens (including phenoxy) is 2. The van der Waals surface area contributed by atoms with Crippen LogP contribution in [0.2, 0.25) is 0 Å². The van der Waals surface area contributed by atoms with E-state index in [0.717, 1.165) is 23.5 Å². The summed E-state index contributed by atoms with van der Waals surface area (Å²) in [6.45, 7) is 6.07. The number of rotatable bonds is 13. The van der Waals surface area contributed by atoms with E-state index >= 15 is 8.78 Å². The Bertz CT molecular complexity index is 1090. The molecule has 2 aromatic rings. The van der Waals surface area contributed by atoms with Gasteiger partial charge in [-0.3, -0.25) is 14.2 Å². The fourth-order valence-corrected chi connectivity index (χ4v) is 6.11. The first-order valence-electron chi connectivity index (χ1n) is 11.0. The Morgan fingerprint density at radius 1 is 1.03 bits per heavy atom. The number of carboxylic acid groups (broad SMARTS) is 1. The molecular formula is C22H29F2N2O7PS. The van der Waals surface area contributed by atoms with Crippen LogP contribution in [-0.4, -0.2) is 48.3 Å². The summed E-state index contributed by atoms with van der Waals surface area (Å²) in [5.41, 5.74) is -4.79. The minimum Gasteiger partial charge on any atom is -0.477 e. The van der Waals surface area contributed by atoms with Crippen molar-refractivity contribution in [3.05, 3.63) is 34.7 Å². The lowest BCUT2D eigenvalue weighted by Gasteiger charge is -2.32. The van der Waals surface area contributed by atoms with Crippen molar-refractivity contribution < 1.29 is 42.3 Å². The van der Waals surface area contributed by atoms with Crippen molar-refractivity contribution in [3.63, 3.8) is 0 Å². The number of thiophene rings is 1. The van der Waals surface area contributed by atoms with E-state index in [0.29, 0.717) is 17.5 Å². The monoisotopic (exact) mass is 534 g/mol. The van der Waals surface area contributed by atoms with Crippen molar-refractivity contribution in [1.82, 2.24) is 10.2 Å². The first kappa shape index (κ1) is 28.8. The molecule has 13 heteroatoms. The van der Waals surface area contributed by atoms with E-state index in [-0.39, 0.29) is 23.5 Å². The summed E-state index contributed by atoms with van der Waals surface area (Å²) >= 11 is 0.909. The number of carbonyl (C=O) groups excluding carboxylic acids is 2. The van der Waals surface area contributed by atoms with Crippen LogP contribution in [0.5, 0.6) is 0 Å². The van der Waals surface area contributed by atoms with Crippen molar-refractivity contribution in [2.24, 2.45) is 0 Å². The molecule has 3 N–H and O–H groups in total. The summed E-state index contributed by atoms with van der Waals surface area (Å²) in [4.78, 5) is 35.6. The fraction of sp³-hybridized carbons (Fsp3) is 0.500. The first-order chi connectivity index (χ1) is 16.4. The highest BCUT2D eigenvalue weighted by Crippen LogP contribution is 2.60. The molecule has 0 saturated heterocycles. The molecule has 0 aliphatic heterocycles. The van der Waals surface area contributed by atoms with Gasteiger partial charge in [-0.2, -0.15) is 8.78 Å². The van der Waals surface area contributed by atoms with Gasteiger partial charge in [-0.1, -0.05) is 19.9 Å². The van der Waals surface area contributed by atoms with Gasteiger partial charge >= 0.3 is 23.6 Å². The Morgan fingerprint density at radius 3 is 2.00 bits per heavy atom. The molecule has 1 heterocycles. The summed E-state index contributed by atoms with van der Waals surface area (Å²) in [6, 6.07) is 1.82. The summed E-state index contributed by atoms with van der Waals surface area (Å²) < 4.78 is 55.9. The molecule has 0 fully saturated rings. The Morgan fingerprint density at radius 2 is 1.54 bits per heavy atom. The van der Waals surface area contributed by atoms with Crippen LogP contribution in [-0.2, 0) is 29.3 Å². The zero-order valence-corrected chi connectivity index (χ0v) is 21.5. The largest absolute Gasteiger partial charge is 0.477 e. The van der Waals surface area contributed by atoms with Crippen molar-refractivity contribution in [3.8, 4) is 0 Å². The second-order valence-electron chi connectivity index (χ2n) is 7.86. The van der Waals surface area contributed by atoms with Crippen LogP contribution in [0.3, 0.4) is 0 Å². The van der Waals surface area contributed by atoms with E-state index in [9.17, 15) is 24.1 Å². The summed E-state index contributed by atoms with van der Waals surface area (Å²) in [5.74, 6) is -2.97. The van der Waals surface area contributed by atoms with Crippen molar-refractivity contribution in [1.29, 1.82) is 0 Å². The molecule has 1 aromatic heterocycles. The number of aromatic carboxylic acids is 1. The quantitative estimate of drug-likeness (QED) is 0.247. The van der Waals surface area contributed by atoms with Gasteiger partial charge in [0.05, 0.1) is 13.2 Å². The molecule has 0 aliphatic rings. The third-order valence-electron chi connectivity index (χ3n) is 4.82. The lowest BCUT2D eigenvalue weighted by Crippen LogP contribution is -2.46. The number of nitrogens with one attached hydrogen (secondary N) is 2. The normalized spacial score (nSPS) is 13.9. The second kappa shape index (κ2) is 12.0. The highest BCUT2D eigenvalue weighted by Gasteiger charge is 2.54. The molecule has 0 bridgehead atoms. The zero-order chi connectivity index (χ0) is 26.4. The molecule has 0 aliphatic carbocycles. The number of fused-ring (bicyclic) bond motifs is 1. The number of benzene rings is 1. The zero-order valence-electron chi connectivity index (χ0n) is 19.8. The molecule has 0 radical (unpaired) electrons. The highest BCUT2D eigenvalue weighted by atomic mass is 32.1. The maximum absolute atomic E-state index is 15.8. The number of alkyl halides is 2. The number of carbonyl (C=O) groups is 3. The minimum absolute atomic E-state index is 0.0421. The van der Waals surface area contributed by atoms with E-state index < -0.39 is 48.7 Å². The molecule has 2 atom stereocenters. The SMILES string of the molecule is CCCOC(=O)[C@H](C)NP(=O)(N[C@@H](C)C(=O)OCCC)C(F)(F)c1ccc2sc(C(=O)O)cc2c1. The van der Waals surface area contributed by atoms with E-state index in [4.69, 9.17) is 9.47 Å². The molecule has 0 saturated carbocycles. The topological polar surface area (TPSA) is 131 Å². The third kappa shape index (κ3) is 6.84. The van der Waals surface area contributed by atoms with E-state index in [1.54, 1.807) is 13.8 Å². The molecule has 35 heavy (non-hydrogen) atoms. The standard InChI is InChI=1S/C22H29F2N2O7PS/c1-5-9-32-20(29)13(3)25-34(31,26-14(4)21(30)33-10-6-2)22(23,24)16-7-8-17-15(11-16)12-18(35-17)19(27)28/h7-8,11-14H,5-6,9-10H2,1-4H3,(H,27,28)(H2,25,26,31)/t13-,14-/m0/s1. The van der Waals surface area contributed by atoms with Crippen molar-refractivity contribution in [2.75, 3.05) is 13.2 Å². The van der Waals surface area contributed by atoms with Gasteiger partial charge in [0.15, 0.2) is 0 Å². The van der Waals surface area contributed by atoms with Crippen LogP contribution < -0.4 is 10.2 Å². The van der Waals surface area contributed by atoms with Crippen LogP contribution in [0.1, 0.15) is 55.8 Å². The number of hydrogen-bond acceptors (Lipinski definition) is 7. The lowest BCUT2D eigenvalue weighted by molar-refractivity contribution is -0.145. The van der Waals surface area contributed by atoms with Crippen LogP contribution in [0.4, 0.5) is 8.78 Å². The van der Waals surface area contributed by atoms with Gasteiger partial charge in [0, 0.05) is 10.3 Å². The fourth-order valence-electron chi connectivity index (χ4n) is 3.02. The van der Waals surface area contributed by atoms with Crippen LogP contribution in [0.15, 0.2) is 24.3 Å². The Balaban J connectivity index is 2.46. The van der Waals surface area contributed by atoms with Crippen LogP contribution >= 0.6 is 18.8 Å². The van der Waals surface area contributed by atoms with Gasteiger partial charge in [-0.25, -0.2) is 15.0 Å². The van der Waals surface area contributed by atoms with E-state index in [1.165, 1.54) is 26.0 Å². The molecule has 1 aromatic carbocycles. The van der Waals surface area contributed by atoms with Gasteiger partial charge in [-0.05, 0) is 50.3 Å². The number of esters is 2. The predicted octanol–water partition coefficient (Wildman–Crippen LogP) is 4.70. The molecule has 0 unspecified atom stereocenters. The van der Waals surface area contributed by atoms with Gasteiger partial charge < -0.3 is 14.6 Å². The molecule has 2 rings (SSSR count). The number of carboxylic acids is 1. The van der Waals surface area contributed by atoms with Crippen LogP contribution in [0.25, 0.3) is 10.1 Å². The lowest BCUT2D eigenvalue weighted by atomic mass is 10.1. The third-order valence-corrected chi connectivity index (χ3v) is 8.48. The number of halogens is 2. The Labute approximate surface area is 205 Å². The predicted molar refractivity (Wildman–Crippen MR) is 128 cm³/mol. The summed E-state index contributed by atoms with van der Waals surface area (Å²) in [5, 5.41) is 13.8. The molecular weight excluding hydrogens is 505 g/mol. The van der Waals surface area contributed by atoms with Gasteiger partial charge in [0.2, 0.25) is 0 Å². The maximum atomic E-state index is 15.8. The molecule has 0 spiro atoms. The highest BCUT2D eigenvalue weighted by molar-refractivity contribution is 7.60. The van der Waals surface area contributed by atoms with Gasteiger partial charge in [0.1, 0.15) is 17.0 Å².